The van der Waals surface area contributed by atoms with Crippen LogP contribution in [0.3, 0.4) is 0 Å². The zero-order valence-electron chi connectivity index (χ0n) is 17.8. The molecule has 0 unspecified atom stereocenters. The maximum Gasteiger partial charge on any atom is 0.240 e. The number of likely N-dealkylation sites (N-methyl/N-ethyl adjacent to an activating group) is 1. The molecule has 0 saturated heterocycles. The maximum atomic E-state index is 13.0. The molecule has 1 atom stereocenters. The molecule has 1 heterocycles. The second-order valence-electron chi connectivity index (χ2n) is 8.25. The summed E-state index contributed by atoms with van der Waals surface area (Å²) >= 11 is 0. The Bertz CT molecular complexity index is 1160. The molecule has 1 aliphatic rings. The summed E-state index contributed by atoms with van der Waals surface area (Å²) in [6.45, 7) is 1.39. The summed E-state index contributed by atoms with van der Waals surface area (Å²) in [5.74, 6) is 0. The predicted octanol–water partition coefficient (Wildman–Crippen LogP) is 3.80. The third-order valence-electron chi connectivity index (χ3n) is 5.96. The Labute approximate surface area is 179 Å². The third-order valence-corrected chi connectivity index (χ3v) is 7.38. The van der Waals surface area contributed by atoms with Crippen LogP contribution in [0.2, 0.25) is 0 Å². The van der Waals surface area contributed by atoms with Crippen molar-refractivity contribution < 1.29 is 8.42 Å². The van der Waals surface area contributed by atoms with Crippen molar-refractivity contribution in [1.82, 2.24) is 9.62 Å². The number of anilines is 1. The van der Waals surface area contributed by atoms with Gasteiger partial charge < -0.3 is 9.80 Å². The summed E-state index contributed by atoms with van der Waals surface area (Å²) < 4.78 is 28.8. The number of aryl methyl sites for hydroxylation is 1. The van der Waals surface area contributed by atoms with Gasteiger partial charge in [-0.15, -0.1) is 0 Å². The predicted molar refractivity (Wildman–Crippen MR) is 124 cm³/mol. The fraction of sp³-hybridized carbons (Fsp3) is 0.333. The molecule has 0 aromatic heterocycles. The molecule has 158 valence electrons. The molecular weight excluding hydrogens is 394 g/mol. The molecule has 0 spiro atoms. The lowest BCUT2D eigenvalue weighted by molar-refractivity contribution is 0.299. The summed E-state index contributed by atoms with van der Waals surface area (Å²) in [6, 6.07) is 19.5. The maximum absolute atomic E-state index is 13.0. The summed E-state index contributed by atoms with van der Waals surface area (Å²) in [5.41, 5.74) is 3.75. The number of hydrogen-bond donors (Lipinski definition) is 1. The van der Waals surface area contributed by atoms with Crippen molar-refractivity contribution >= 4 is 26.5 Å². The van der Waals surface area contributed by atoms with Crippen LogP contribution >= 0.6 is 0 Å². The van der Waals surface area contributed by atoms with Crippen molar-refractivity contribution in [3.8, 4) is 0 Å². The Morgan fingerprint density at radius 2 is 1.80 bits per heavy atom. The van der Waals surface area contributed by atoms with Crippen LogP contribution in [-0.2, 0) is 16.4 Å². The fourth-order valence-electron chi connectivity index (χ4n) is 4.22. The molecule has 0 fully saturated rings. The summed E-state index contributed by atoms with van der Waals surface area (Å²) in [5, 5.41) is 1.95. The Morgan fingerprint density at radius 3 is 2.57 bits per heavy atom. The Hall–Kier alpha value is -2.41. The molecule has 30 heavy (non-hydrogen) atoms. The van der Waals surface area contributed by atoms with E-state index in [1.807, 2.05) is 44.4 Å². The molecule has 3 aromatic rings. The van der Waals surface area contributed by atoms with Gasteiger partial charge in [-0.05, 0) is 67.0 Å². The first-order valence-electron chi connectivity index (χ1n) is 10.3. The van der Waals surface area contributed by atoms with Crippen molar-refractivity contribution in [2.75, 3.05) is 39.1 Å². The highest BCUT2D eigenvalue weighted by Gasteiger charge is 2.22. The van der Waals surface area contributed by atoms with Gasteiger partial charge in [0.05, 0.1) is 4.90 Å². The van der Waals surface area contributed by atoms with E-state index in [-0.39, 0.29) is 6.04 Å². The summed E-state index contributed by atoms with van der Waals surface area (Å²) in [6.07, 6.45) is 2.21. The fourth-order valence-corrected chi connectivity index (χ4v) is 5.29. The van der Waals surface area contributed by atoms with E-state index in [1.165, 1.54) is 11.3 Å². The normalized spacial score (nSPS) is 15.4. The van der Waals surface area contributed by atoms with Crippen molar-refractivity contribution in [1.29, 1.82) is 0 Å². The van der Waals surface area contributed by atoms with Crippen molar-refractivity contribution in [2.45, 2.75) is 23.8 Å². The topological polar surface area (TPSA) is 52.7 Å². The Balaban J connectivity index is 1.56. The highest BCUT2D eigenvalue weighted by Crippen LogP contribution is 2.30. The lowest BCUT2D eigenvalue weighted by Gasteiger charge is -2.30. The van der Waals surface area contributed by atoms with E-state index in [4.69, 9.17) is 0 Å². The van der Waals surface area contributed by atoms with Gasteiger partial charge in [-0.2, -0.15) is 0 Å². The first kappa shape index (κ1) is 20.8. The molecule has 0 saturated carbocycles. The van der Waals surface area contributed by atoms with Crippen LogP contribution in [-0.4, -0.2) is 47.6 Å². The zero-order valence-corrected chi connectivity index (χ0v) is 18.6. The van der Waals surface area contributed by atoms with Crippen LogP contribution in [0, 0.1) is 0 Å². The molecular formula is C24H29N3O2S. The summed E-state index contributed by atoms with van der Waals surface area (Å²) in [7, 11) is 2.50. The quantitative estimate of drug-likeness (QED) is 0.655. The lowest BCUT2D eigenvalue weighted by Crippen LogP contribution is -2.34. The molecule has 0 amide bonds. The van der Waals surface area contributed by atoms with Crippen molar-refractivity contribution in [3.63, 3.8) is 0 Å². The minimum absolute atomic E-state index is 0.0437. The van der Waals surface area contributed by atoms with Gasteiger partial charge in [0.25, 0.3) is 0 Å². The third kappa shape index (κ3) is 4.21. The average Bonchev–Trinajstić information content (AvgIpc) is 2.73. The molecule has 0 bridgehead atoms. The smallest absolute Gasteiger partial charge is 0.240 e. The summed E-state index contributed by atoms with van der Waals surface area (Å²) in [4.78, 5) is 4.65. The Kier molecular flexibility index (Phi) is 5.82. The van der Waals surface area contributed by atoms with Crippen LogP contribution in [0.1, 0.15) is 23.6 Å². The molecule has 1 N–H and O–H groups in total. The van der Waals surface area contributed by atoms with E-state index >= 15 is 0 Å². The monoisotopic (exact) mass is 423 g/mol. The Morgan fingerprint density at radius 1 is 1.03 bits per heavy atom. The average molecular weight is 424 g/mol. The first-order valence-corrected chi connectivity index (χ1v) is 11.8. The number of rotatable bonds is 6. The SMILES string of the molecule is CN1CCCc2cc([C@H](CNS(=O)(=O)c3ccc4ccccc4c3)N(C)C)ccc21. The van der Waals surface area contributed by atoms with E-state index in [0.29, 0.717) is 11.4 Å². The van der Waals surface area contributed by atoms with E-state index in [1.54, 1.807) is 12.1 Å². The van der Waals surface area contributed by atoms with Crippen LogP contribution in [0.5, 0.6) is 0 Å². The van der Waals surface area contributed by atoms with Crippen LogP contribution in [0.25, 0.3) is 10.8 Å². The minimum Gasteiger partial charge on any atom is -0.374 e. The van der Waals surface area contributed by atoms with Gasteiger partial charge in [-0.1, -0.05) is 42.5 Å². The first-order chi connectivity index (χ1) is 14.3. The van der Waals surface area contributed by atoms with E-state index in [9.17, 15) is 8.42 Å². The van der Waals surface area contributed by atoms with Gasteiger partial charge in [0, 0.05) is 31.9 Å². The van der Waals surface area contributed by atoms with Gasteiger partial charge in [0.1, 0.15) is 0 Å². The number of hydrogen-bond acceptors (Lipinski definition) is 4. The second-order valence-corrected chi connectivity index (χ2v) is 10.0. The molecule has 6 heteroatoms. The van der Waals surface area contributed by atoms with Crippen molar-refractivity contribution in [3.05, 3.63) is 71.8 Å². The largest absolute Gasteiger partial charge is 0.374 e. The van der Waals surface area contributed by atoms with E-state index in [2.05, 4.69) is 39.8 Å². The van der Waals surface area contributed by atoms with Crippen molar-refractivity contribution in [2.24, 2.45) is 0 Å². The zero-order chi connectivity index (χ0) is 21.3. The van der Waals surface area contributed by atoms with Gasteiger partial charge >= 0.3 is 0 Å². The molecule has 4 rings (SSSR count). The molecule has 0 radical (unpaired) electrons. The van der Waals surface area contributed by atoms with Gasteiger partial charge in [0.15, 0.2) is 0 Å². The van der Waals surface area contributed by atoms with E-state index in [0.717, 1.165) is 35.7 Å². The number of fused-ring (bicyclic) bond motifs is 2. The van der Waals surface area contributed by atoms with Crippen LogP contribution in [0.15, 0.2) is 65.6 Å². The highest BCUT2D eigenvalue weighted by molar-refractivity contribution is 7.89. The second kappa shape index (κ2) is 8.38. The van der Waals surface area contributed by atoms with Gasteiger partial charge in [-0.25, -0.2) is 13.1 Å². The molecule has 3 aromatic carbocycles. The molecule has 0 aliphatic carbocycles. The standard InChI is InChI=1S/C24H29N3O2S/c1-26(2)24(21-11-13-23-20(15-21)9-6-14-27(23)3)17-25-30(28,29)22-12-10-18-7-4-5-8-19(18)16-22/h4-5,7-8,10-13,15-16,24-25H,6,9,14,17H2,1-3H3/t24-/m0/s1. The number of sulfonamides is 1. The molecule has 5 nitrogen and oxygen atoms in total. The van der Waals surface area contributed by atoms with E-state index < -0.39 is 10.0 Å². The van der Waals surface area contributed by atoms with Gasteiger partial charge in [0.2, 0.25) is 10.0 Å². The van der Waals surface area contributed by atoms with Gasteiger partial charge in [-0.3, -0.25) is 0 Å². The molecule has 1 aliphatic heterocycles. The van der Waals surface area contributed by atoms with Crippen LogP contribution in [0.4, 0.5) is 5.69 Å². The number of benzene rings is 3. The number of nitrogens with zero attached hydrogens (tertiary/aromatic N) is 2. The minimum atomic E-state index is -3.60. The lowest BCUT2D eigenvalue weighted by atomic mass is 9.96. The van der Waals surface area contributed by atoms with Crippen LogP contribution < -0.4 is 9.62 Å². The number of nitrogens with one attached hydrogen (secondary N) is 1. The highest BCUT2D eigenvalue weighted by atomic mass is 32.2.